The molecule has 0 aliphatic carbocycles. The van der Waals surface area contributed by atoms with Gasteiger partial charge in [0.1, 0.15) is 13.1 Å². The van der Waals surface area contributed by atoms with E-state index in [0.717, 1.165) is 12.3 Å². The normalized spacial score (nSPS) is 11.9. The number of carbonyl (C=O) groups is 1. The predicted molar refractivity (Wildman–Crippen MR) is 95.1 cm³/mol. The maximum Gasteiger partial charge on any atom is 0.406 e. The SMILES string of the molecule is Cc1c(-c2ccc(=O)n(CC(F)(F)F)c2)c2cc(Cl)ccc2n1CC(=O)O. The van der Waals surface area contributed by atoms with Gasteiger partial charge in [-0.2, -0.15) is 13.2 Å². The number of pyridine rings is 1. The van der Waals surface area contributed by atoms with Gasteiger partial charge in [0.25, 0.3) is 5.56 Å². The van der Waals surface area contributed by atoms with Crippen LogP contribution in [0, 0.1) is 6.92 Å². The van der Waals surface area contributed by atoms with Crippen LogP contribution in [0.15, 0.2) is 41.3 Å². The zero-order chi connectivity index (χ0) is 19.9. The summed E-state index contributed by atoms with van der Waals surface area (Å²) >= 11 is 6.06. The summed E-state index contributed by atoms with van der Waals surface area (Å²) in [5.74, 6) is -1.06. The van der Waals surface area contributed by atoms with Crippen molar-refractivity contribution in [2.24, 2.45) is 0 Å². The molecule has 0 fully saturated rings. The molecule has 27 heavy (non-hydrogen) atoms. The monoisotopic (exact) mass is 398 g/mol. The van der Waals surface area contributed by atoms with Crippen LogP contribution in [0.5, 0.6) is 0 Å². The van der Waals surface area contributed by atoms with Gasteiger partial charge in [0.2, 0.25) is 0 Å². The average Bonchev–Trinajstić information content (AvgIpc) is 2.79. The Labute approximate surface area is 156 Å². The number of hydrogen-bond donors (Lipinski definition) is 1. The Kier molecular flexibility index (Phi) is 4.77. The molecule has 3 rings (SSSR count). The molecule has 2 heterocycles. The van der Waals surface area contributed by atoms with Crippen molar-refractivity contribution in [3.63, 3.8) is 0 Å². The van der Waals surface area contributed by atoms with Gasteiger partial charge in [-0.1, -0.05) is 11.6 Å². The first-order chi connectivity index (χ1) is 12.6. The molecule has 0 radical (unpaired) electrons. The number of fused-ring (bicyclic) bond motifs is 1. The van der Waals surface area contributed by atoms with E-state index in [0.29, 0.717) is 37.3 Å². The van der Waals surface area contributed by atoms with E-state index in [9.17, 15) is 27.9 Å². The topological polar surface area (TPSA) is 64.2 Å². The number of rotatable bonds is 4. The summed E-state index contributed by atoms with van der Waals surface area (Å²) in [6.07, 6.45) is -3.41. The fraction of sp³-hybridized carbons (Fsp3) is 0.222. The molecule has 5 nitrogen and oxygen atoms in total. The van der Waals surface area contributed by atoms with Crippen LogP contribution in [0.25, 0.3) is 22.0 Å². The zero-order valence-corrected chi connectivity index (χ0v) is 14.8. The van der Waals surface area contributed by atoms with Crippen LogP contribution in [0.1, 0.15) is 5.69 Å². The summed E-state index contributed by atoms with van der Waals surface area (Å²) < 4.78 is 40.4. The number of alkyl halides is 3. The Morgan fingerprint density at radius 2 is 1.93 bits per heavy atom. The van der Waals surface area contributed by atoms with Gasteiger partial charge < -0.3 is 14.2 Å². The highest BCUT2D eigenvalue weighted by Crippen LogP contribution is 2.36. The fourth-order valence-electron chi connectivity index (χ4n) is 3.15. The largest absolute Gasteiger partial charge is 0.480 e. The molecular weight excluding hydrogens is 385 g/mol. The Balaban J connectivity index is 2.27. The molecule has 3 aromatic rings. The van der Waals surface area contributed by atoms with Gasteiger partial charge in [-0.3, -0.25) is 9.59 Å². The van der Waals surface area contributed by atoms with E-state index in [1.807, 2.05) is 0 Å². The lowest BCUT2D eigenvalue weighted by molar-refractivity contribution is -0.141. The summed E-state index contributed by atoms with van der Waals surface area (Å²) in [5.41, 5.74) is 1.26. The molecular formula is C18H14ClF3N2O3. The predicted octanol–water partition coefficient (Wildman–Crippen LogP) is 4.08. The lowest BCUT2D eigenvalue weighted by atomic mass is 10.0. The van der Waals surface area contributed by atoms with Crippen LogP contribution in [-0.4, -0.2) is 26.4 Å². The summed E-state index contributed by atoms with van der Waals surface area (Å²) in [7, 11) is 0. The number of carboxylic acids is 1. The van der Waals surface area contributed by atoms with Crippen molar-refractivity contribution in [3.8, 4) is 11.1 Å². The lowest BCUT2D eigenvalue weighted by Gasteiger charge is -2.11. The maximum atomic E-state index is 12.7. The van der Waals surface area contributed by atoms with E-state index in [1.54, 1.807) is 29.7 Å². The number of halogens is 4. The summed E-state index contributed by atoms with van der Waals surface area (Å²) in [5, 5.41) is 10.2. The highest BCUT2D eigenvalue weighted by Gasteiger charge is 2.28. The van der Waals surface area contributed by atoms with Gasteiger partial charge in [0, 0.05) is 45.0 Å². The Morgan fingerprint density at radius 3 is 2.56 bits per heavy atom. The third kappa shape index (κ3) is 3.85. The standard InChI is InChI=1S/C18H14ClF3N2O3/c1-10-17(11-2-5-15(25)23(7-11)9-18(20,21)22)13-6-12(19)3-4-14(13)24(10)8-16(26)27/h2-7H,8-9H2,1H3,(H,26,27). The Hall–Kier alpha value is -2.74. The second-order valence-electron chi connectivity index (χ2n) is 6.10. The fourth-order valence-corrected chi connectivity index (χ4v) is 3.33. The second-order valence-corrected chi connectivity index (χ2v) is 6.54. The molecule has 0 amide bonds. The number of carboxylic acid groups (broad SMARTS) is 1. The lowest BCUT2D eigenvalue weighted by Crippen LogP contribution is -2.27. The first-order valence-electron chi connectivity index (χ1n) is 7.84. The van der Waals surface area contributed by atoms with E-state index in [1.165, 1.54) is 6.07 Å². The van der Waals surface area contributed by atoms with Gasteiger partial charge in [0.15, 0.2) is 0 Å². The van der Waals surface area contributed by atoms with Crippen molar-refractivity contribution < 1.29 is 23.1 Å². The summed E-state index contributed by atoms with van der Waals surface area (Å²) in [6, 6.07) is 7.37. The number of aromatic nitrogens is 2. The first-order valence-corrected chi connectivity index (χ1v) is 8.22. The second kappa shape index (κ2) is 6.77. The van der Waals surface area contributed by atoms with Crippen molar-refractivity contribution in [2.45, 2.75) is 26.2 Å². The van der Waals surface area contributed by atoms with Crippen LogP contribution in [0.4, 0.5) is 13.2 Å². The van der Waals surface area contributed by atoms with E-state index in [4.69, 9.17) is 11.6 Å². The van der Waals surface area contributed by atoms with Gasteiger partial charge in [-0.25, -0.2) is 0 Å². The molecule has 0 unspecified atom stereocenters. The molecule has 9 heteroatoms. The summed E-state index contributed by atoms with van der Waals surface area (Å²) in [6.45, 7) is -0.0508. The van der Waals surface area contributed by atoms with Gasteiger partial charge in [0.05, 0.1) is 0 Å². The molecule has 0 aliphatic rings. The minimum atomic E-state index is -4.54. The van der Waals surface area contributed by atoms with Crippen LogP contribution in [-0.2, 0) is 17.9 Å². The van der Waals surface area contributed by atoms with E-state index < -0.39 is 24.2 Å². The third-order valence-electron chi connectivity index (χ3n) is 4.20. The van der Waals surface area contributed by atoms with Crippen molar-refractivity contribution >= 4 is 28.5 Å². The highest BCUT2D eigenvalue weighted by molar-refractivity contribution is 6.31. The molecule has 142 valence electrons. The number of hydrogen-bond acceptors (Lipinski definition) is 2. The Morgan fingerprint density at radius 1 is 1.22 bits per heavy atom. The van der Waals surface area contributed by atoms with Gasteiger partial charge in [-0.05, 0) is 31.2 Å². The number of aliphatic carboxylic acids is 1. The number of nitrogens with zero attached hydrogens (tertiary/aromatic N) is 2. The van der Waals surface area contributed by atoms with E-state index in [2.05, 4.69) is 0 Å². The molecule has 0 atom stereocenters. The van der Waals surface area contributed by atoms with Gasteiger partial charge >= 0.3 is 12.1 Å². The number of benzene rings is 1. The van der Waals surface area contributed by atoms with Crippen molar-refractivity contribution in [2.75, 3.05) is 0 Å². The minimum absolute atomic E-state index is 0.313. The molecule has 1 aromatic carbocycles. The van der Waals surface area contributed by atoms with Crippen LogP contribution in [0.2, 0.25) is 5.02 Å². The van der Waals surface area contributed by atoms with E-state index >= 15 is 0 Å². The molecule has 0 saturated heterocycles. The van der Waals surface area contributed by atoms with E-state index in [-0.39, 0.29) is 6.54 Å². The Bertz CT molecular complexity index is 1100. The summed E-state index contributed by atoms with van der Waals surface area (Å²) in [4.78, 5) is 23.0. The van der Waals surface area contributed by atoms with Crippen molar-refractivity contribution in [1.82, 2.24) is 9.13 Å². The molecule has 0 spiro atoms. The third-order valence-corrected chi connectivity index (χ3v) is 4.44. The quantitative estimate of drug-likeness (QED) is 0.720. The average molecular weight is 399 g/mol. The first kappa shape index (κ1) is 19.0. The molecule has 2 aromatic heterocycles. The maximum absolute atomic E-state index is 12.7. The smallest absolute Gasteiger partial charge is 0.406 e. The molecule has 0 aliphatic heterocycles. The molecule has 0 saturated carbocycles. The molecule has 1 N–H and O–H groups in total. The minimum Gasteiger partial charge on any atom is -0.480 e. The van der Waals surface area contributed by atoms with Crippen molar-refractivity contribution in [3.05, 3.63) is 57.6 Å². The van der Waals surface area contributed by atoms with Crippen LogP contribution in [0.3, 0.4) is 0 Å². The van der Waals surface area contributed by atoms with Crippen LogP contribution < -0.4 is 5.56 Å². The highest BCUT2D eigenvalue weighted by atomic mass is 35.5. The van der Waals surface area contributed by atoms with Crippen LogP contribution >= 0.6 is 11.6 Å². The van der Waals surface area contributed by atoms with Crippen molar-refractivity contribution in [1.29, 1.82) is 0 Å². The molecule has 0 bridgehead atoms. The van der Waals surface area contributed by atoms with Gasteiger partial charge in [-0.15, -0.1) is 0 Å². The zero-order valence-electron chi connectivity index (χ0n) is 14.0.